The van der Waals surface area contributed by atoms with Crippen molar-refractivity contribution in [1.29, 1.82) is 0 Å². The van der Waals surface area contributed by atoms with Crippen LogP contribution in [-0.4, -0.2) is 110 Å². The van der Waals surface area contributed by atoms with E-state index in [2.05, 4.69) is 36.9 Å². The first-order valence-electron chi connectivity index (χ1n) is 21.7. The minimum atomic E-state index is -5.45. The van der Waals surface area contributed by atoms with Gasteiger partial charge in [0, 0.05) is 34.9 Å². The topological polar surface area (TPSA) is 282 Å². The molecule has 2 aliphatic carbocycles. The van der Waals surface area contributed by atoms with Gasteiger partial charge in [-0.25, -0.2) is 44.8 Å². The molecule has 0 spiro atoms. The largest absolute Gasteiger partial charge is 0.480 e. The number of amides is 3. The van der Waals surface area contributed by atoms with E-state index < -0.39 is 191 Å². The van der Waals surface area contributed by atoms with Crippen LogP contribution in [0.5, 0.6) is 0 Å². The van der Waals surface area contributed by atoms with Crippen LogP contribution in [0.25, 0.3) is 22.0 Å². The van der Waals surface area contributed by atoms with Gasteiger partial charge in [-0.1, -0.05) is 23.6 Å². The number of halogens is 11. The Labute approximate surface area is 432 Å². The summed E-state index contributed by atoms with van der Waals surface area (Å²) in [6.07, 6.45) is -10.5. The lowest BCUT2D eigenvalue weighted by atomic mass is 9.93. The molecule has 1 fully saturated rings. The maximum atomic E-state index is 15.6. The second-order valence-electron chi connectivity index (χ2n) is 18.2. The number of hydrogen-bond donors (Lipinski definition) is 5. The first-order valence-corrected chi connectivity index (χ1v) is 27.4. The summed E-state index contributed by atoms with van der Waals surface area (Å²) in [6, 6.07) is -0.478. The van der Waals surface area contributed by atoms with E-state index in [1.807, 2.05) is 0 Å². The van der Waals surface area contributed by atoms with Crippen molar-refractivity contribution in [1.82, 2.24) is 35.2 Å². The number of hydrogen-bond acceptors (Lipinski definition) is 12. The quantitative estimate of drug-likeness (QED) is 0.0410. The molecule has 3 amide bonds. The minimum absolute atomic E-state index is 0.0752. The SMILES string of the molecule is CC(C)(C#Cc1ccc(-c2ccc(Cl)c3c(N(C(=O)N[C@@H](COP(=O)(O)O)C(=O)O)S(C)(=O)=O)nn(CC(F)(F)F)c23)c([C@H](Cc2cc(F)cc(F)c2)NC(=O)Cn2nc(C(F)(F)F)c3c2C(F)(F)[C@@H]2C[C@H]32)n1)S(C)(=O)=O. The lowest BCUT2D eigenvalue weighted by Gasteiger charge is -2.23. The number of sulfone groups is 1. The monoisotopic (exact) mass is 1180 g/mol. The van der Waals surface area contributed by atoms with Crippen LogP contribution in [0.15, 0.2) is 42.5 Å². The fourth-order valence-electron chi connectivity index (χ4n) is 8.36. The highest BCUT2D eigenvalue weighted by Gasteiger charge is 2.68. The van der Waals surface area contributed by atoms with Crippen LogP contribution in [0.2, 0.25) is 5.02 Å². The predicted molar refractivity (Wildman–Crippen MR) is 248 cm³/mol. The number of urea groups is 1. The Hall–Kier alpha value is -6.36. The molecule has 0 unspecified atom stereocenters. The maximum absolute atomic E-state index is 15.6. The van der Waals surface area contributed by atoms with Gasteiger partial charge in [-0.3, -0.25) is 18.7 Å². The lowest BCUT2D eigenvalue weighted by Crippen LogP contribution is -2.51. The van der Waals surface area contributed by atoms with Crippen LogP contribution in [0.1, 0.15) is 66.1 Å². The second-order valence-corrected chi connectivity index (χ2v) is 24.2. The van der Waals surface area contributed by atoms with Crippen molar-refractivity contribution >= 4 is 73.9 Å². The van der Waals surface area contributed by atoms with E-state index >= 15 is 8.78 Å². The number of phosphoric acid groups is 1. The van der Waals surface area contributed by atoms with Crippen LogP contribution >= 0.6 is 19.4 Å². The first kappa shape index (κ1) is 58.3. The number of benzene rings is 2. The number of pyridine rings is 1. The summed E-state index contributed by atoms with van der Waals surface area (Å²) in [5, 5.41) is 19.2. The van der Waals surface area contributed by atoms with E-state index in [4.69, 9.17) is 21.4 Å². The molecule has 0 radical (unpaired) electrons. The molecule has 3 aromatic heterocycles. The van der Waals surface area contributed by atoms with Crippen LogP contribution in [-0.2, 0) is 70.1 Å². The minimum Gasteiger partial charge on any atom is -0.480 e. The van der Waals surface area contributed by atoms with Crippen LogP contribution in [0.3, 0.4) is 0 Å². The maximum Gasteiger partial charge on any atom is 0.469 e. The molecule has 3 heterocycles. The molecule has 4 atom stereocenters. The predicted octanol–water partition coefficient (Wildman–Crippen LogP) is 6.33. The van der Waals surface area contributed by atoms with Crippen molar-refractivity contribution < 1.29 is 99.1 Å². The van der Waals surface area contributed by atoms with E-state index in [0.29, 0.717) is 12.3 Å². The molecule has 5 aromatic rings. The Balaban J connectivity index is 1.48. The molecular formula is C43H38ClF10N8O12PS2. The van der Waals surface area contributed by atoms with Crippen molar-refractivity contribution in [2.24, 2.45) is 5.92 Å². The zero-order valence-electron chi connectivity index (χ0n) is 39.5. The van der Waals surface area contributed by atoms with E-state index in [9.17, 15) is 76.0 Å². The Morgan fingerprint density at radius 2 is 1.58 bits per heavy atom. The molecule has 2 aromatic carbocycles. The third-order valence-electron chi connectivity index (χ3n) is 12.0. The van der Waals surface area contributed by atoms with Gasteiger partial charge in [0.2, 0.25) is 15.9 Å². The molecule has 7 rings (SSSR count). The number of carbonyl (C=O) groups excluding carboxylic acids is 2. The fraction of sp³-hybridized carbons (Fsp3) is 0.395. The van der Waals surface area contributed by atoms with Gasteiger partial charge in [0.1, 0.15) is 40.9 Å². The summed E-state index contributed by atoms with van der Waals surface area (Å²) >= 11 is 6.56. The van der Waals surface area contributed by atoms with Crippen LogP contribution in [0.4, 0.5) is 54.5 Å². The summed E-state index contributed by atoms with van der Waals surface area (Å²) < 4.78 is 213. The lowest BCUT2D eigenvalue weighted by molar-refractivity contribution is -0.143. The highest BCUT2D eigenvalue weighted by atomic mass is 35.5. The van der Waals surface area contributed by atoms with E-state index in [1.54, 1.807) is 5.32 Å². The van der Waals surface area contributed by atoms with Crippen molar-refractivity contribution in [3.8, 4) is 23.0 Å². The molecule has 34 heteroatoms. The van der Waals surface area contributed by atoms with Crippen molar-refractivity contribution in [3.63, 3.8) is 0 Å². The number of aromatic nitrogens is 5. The highest BCUT2D eigenvalue weighted by molar-refractivity contribution is 7.93. The number of rotatable bonds is 16. The number of nitrogens with one attached hydrogen (secondary N) is 2. The number of carboxylic acid groups (broad SMARTS) is 1. The van der Waals surface area contributed by atoms with Crippen LogP contribution < -0.4 is 14.9 Å². The van der Waals surface area contributed by atoms with Gasteiger partial charge in [-0.2, -0.15) is 49.6 Å². The Morgan fingerprint density at radius 1 is 0.961 bits per heavy atom. The van der Waals surface area contributed by atoms with Gasteiger partial charge in [0.15, 0.2) is 27.4 Å². The third kappa shape index (κ3) is 12.5. The molecule has 77 heavy (non-hydrogen) atoms. The number of alkyl halides is 8. The molecule has 0 aliphatic heterocycles. The van der Waals surface area contributed by atoms with Gasteiger partial charge < -0.3 is 25.5 Å². The van der Waals surface area contributed by atoms with Crippen molar-refractivity contribution in [3.05, 3.63) is 93.0 Å². The normalized spacial score (nSPS) is 17.2. The average Bonchev–Trinajstić information content (AvgIpc) is 3.78. The smallest absolute Gasteiger partial charge is 0.469 e. The number of carbonyl (C=O) groups is 3. The zero-order chi connectivity index (χ0) is 57.5. The molecule has 1 saturated carbocycles. The molecule has 0 saturated heterocycles. The molecule has 0 bridgehead atoms. The van der Waals surface area contributed by atoms with Crippen molar-refractivity contribution in [2.75, 3.05) is 23.4 Å². The zero-order valence-corrected chi connectivity index (χ0v) is 42.8. The van der Waals surface area contributed by atoms with Crippen molar-refractivity contribution in [2.45, 2.75) is 80.8 Å². The summed E-state index contributed by atoms with van der Waals surface area (Å²) in [6.45, 7) is -2.66. The second kappa shape index (κ2) is 20.1. The molecule has 20 nitrogen and oxygen atoms in total. The number of fused-ring (bicyclic) bond motifs is 4. The number of sulfonamides is 1. The summed E-state index contributed by atoms with van der Waals surface area (Å²) in [5.74, 6) is -8.88. The van der Waals surface area contributed by atoms with Gasteiger partial charge >= 0.3 is 32.2 Å². The van der Waals surface area contributed by atoms with E-state index in [1.165, 1.54) is 13.8 Å². The summed E-state index contributed by atoms with van der Waals surface area (Å²) in [7, 11) is -14.6. The average molecular weight is 1180 g/mol. The third-order valence-corrected chi connectivity index (χ3v) is 15.8. The molecule has 2 aliphatic rings. The molecule has 5 N–H and O–H groups in total. The van der Waals surface area contributed by atoms with Gasteiger partial charge in [0.25, 0.3) is 5.92 Å². The summed E-state index contributed by atoms with van der Waals surface area (Å²) in [4.78, 5) is 62.6. The number of carboxylic acids is 1. The fourth-order valence-corrected chi connectivity index (χ4v) is 9.97. The number of phosphoric ester groups is 1. The number of nitrogens with zero attached hydrogens (tertiary/aromatic N) is 6. The van der Waals surface area contributed by atoms with Gasteiger partial charge in [-0.15, -0.1) is 0 Å². The first-order chi connectivity index (χ1) is 35.2. The van der Waals surface area contributed by atoms with Gasteiger partial charge in [-0.05, 0) is 74.4 Å². The standard InChI is InChI=1S/C43H38ClF10N8O12PS2/c1-40(2,76(3,70)71)10-9-22-5-6-23(24-7-8-27(44)32-34(24)61(18-41(47,48)49)59-37(32)62(77(4,72)73)39(66)57-29(38(64)65)17-74-75(67,68)69)33(55-22)28(13-19-11-20(45)14-21(46)12-19)56-30(63)16-60-36-31(35(58-60)43(52,53)54)25-15-26(25)42(36,50)51/h5-8,11-12,14,25-26,28-29H,13,15-18H2,1-4H3,(H,56,63)(H,57,66)(H,64,65)(H2,67,68,69)/t25-,26+,28-,29-/m0/s1. The Bertz CT molecular complexity index is 3600. The Kier molecular flexibility index (Phi) is 15.3. The van der Waals surface area contributed by atoms with E-state index in [0.717, 1.165) is 42.7 Å². The summed E-state index contributed by atoms with van der Waals surface area (Å²) in [5.41, 5.74) is -6.84. The number of anilines is 1. The van der Waals surface area contributed by atoms with Crippen LogP contribution in [0, 0.1) is 29.4 Å². The van der Waals surface area contributed by atoms with Gasteiger partial charge in [0.05, 0.1) is 40.5 Å². The highest BCUT2D eigenvalue weighted by Crippen LogP contribution is 2.68. The molecule has 416 valence electrons. The number of aliphatic carboxylic acids is 1. The van der Waals surface area contributed by atoms with E-state index in [-0.39, 0.29) is 25.7 Å². The Morgan fingerprint density at radius 3 is 2.14 bits per heavy atom. The molecular weight excluding hydrogens is 1140 g/mol.